The first-order valence-electron chi connectivity index (χ1n) is 8.78. The molecule has 0 bridgehead atoms. The van der Waals surface area contributed by atoms with Gasteiger partial charge in [-0.3, -0.25) is 0 Å². The Bertz CT molecular complexity index is 829. The van der Waals surface area contributed by atoms with Crippen molar-refractivity contribution in [2.24, 2.45) is 5.92 Å². The molecule has 1 N–H and O–H groups in total. The van der Waals surface area contributed by atoms with E-state index in [0.29, 0.717) is 36.5 Å². The van der Waals surface area contributed by atoms with Crippen LogP contribution in [0.15, 0.2) is 53.7 Å². The minimum Gasteiger partial charge on any atom is -0.372 e. The van der Waals surface area contributed by atoms with Crippen molar-refractivity contribution in [1.82, 2.24) is 14.3 Å². The van der Waals surface area contributed by atoms with E-state index in [2.05, 4.69) is 15.3 Å². The summed E-state index contributed by atoms with van der Waals surface area (Å²) in [5, 5.41) is 3.22. The Hall–Kier alpha value is -2.03. The van der Waals surface area contributed by atoms with Crippen LogP contribution in [0, 0.1) is 5.92 Å². The molecule has 2 aromatic rings. The topological polar surface area (TPSA) is 84.4 Å². The molecule has 1 atom stereocenters. The molecule has 2 aliphatic rings. The second kappa shape index (κ2) is 6.94. The maximum atomic E-state index is 12.6. The Morgan fingerprint density at radius 3 is 2.54 bits per heavy atom. The van der Waals surface area contributed by atoms with Crippen molar-refractivity contribution < 1.29 is 13.2 Å². The number of benzene rings is 1. The average Bonchev–Trinajstić information content (AvgIpc) is 2.66. The Balaban J connectivity index is 1.28. The third-order valence-electron chi connectivity index (χ3n) is 5.06. The molecule has 0 radical (unpaired) electrons. The van der Waals surface area contributed by atoms with Gasteiger partial charge in [0.05, 0.1) is 17.1 Å². The van der Waals surface area contributed by atoms with Gasteiger partial charge in [0.1, 0.15) is 0 Å². The second-order valence-electron chi connectivity index (χ2n) is 6.94. The van der Waals surface area contributed by atoms with E-state index in [1.807, 2.05) is 6.07 Å². The predicted molar refractivity (Wildman–Crippen MR) is 97.1 cm³/mol. The zero-order valence-electron chi connectivity index (χ0n) is 14.4. The fourth-order valence-corrected chi connectivity index (χ4v) is 5.07. The highest BCUT2D eigenvalue weighted by molar-refractivity contribution is 7.89. The molecule has 0 unspecified atom stereocenters. The molecule has 2 saturated heterocycles. The van der Waals surface area contributed by atoms with Gasteiger partial charge in [-0.2, -0.15) is 4.31 Å². The van der Waals surface area contributed by atoms with E-state index >= 15 is 0 Å². The lowest BCUT2D eigenvalue weighted by molar-refractivity contribution is -0.155. The molecule has 7 nitrogen and oxygen atoms in total. The summed E-state index contributed by atoms with van der Waals surface area (Å²) in [5.41, 5.74) is -0.318. The van der Waals surface area contributed by atoms with E-state index in [1.54, 1.807) is 42.7 Å². The highest BCUT2D eigenvalue weighted by atomic mass is 32.2. The Morgan fingerprint density at radius 1 is 1.15 bits per heavy atom. The van der Waals surface area contributed by atoms with Gasteiger partial charge in [0.15, 0.2) is 0 Å². The minimum absolute atomic E-state index is 0.318. The van der Waals surface area contributed by atoms with E-state index in [1.165, 1.54) is 4.31 Å². The molecule has 8 heteroatoms. The summed E-state index contributed by atoms with van der Waals surface area (Å²) in [5.74, 6) is 1.00. The highest BCUT2D eigenvalue weighted by Crippen LogP contribution is 2.38. The van der Waals surface area contributed by atoms with Crippen molar-refractivity contribution in [3.05, 3.63) is 48.8 Å². The first-order valence-corrected chi connectivity index (χ1v) is 10.2. The fraction of sp³-hybridized carbons (Fsp3) is 0.444. The van der Waals surface area contributed by atoms with E-state index < -0.39 is 10.0 Å². The van der Waals surface area contributed by atoms with Gasteiger partial charge in [-0.25, -0.2) is 18.4 Å². The van der Waals surface area contributed by atoms with Crippen LogP contribution < -0.4 is 5.32 Å². The third kappa shape index (κ3) is 3.44. The summed E-state index contributed by atoms with van der Waals surface area (Å²) in [6, 6.07) is 10.4. The molecule has 2 fully saturated rings. The molecule has 1 aromatic heterocycles. The normalized spacial score (nSPS) is 22.7. The van der Waals surface area contributed by atoms with E-state index in [9.17, 15) is 8.42 Å². The summed E-state index contributed by atoms with van der Waals surface area (Å²) < 4.78 is 32.8. The van der Waals surface area contributed by atoms with Crippen molar-refractivity contribution in [3.63, 3.8) is 0 Å². The smallest absolute Gasteiger partial charge is 0.243 e. The molecule has 1 aromatic carbocycles. The van der Waals surface area contributed by atoms with Crippen LogP contribution in [0.3, 0.4) is 0 Å². The van der Waals surface area contributed by atoms with Gasteiger partial charge in [-0.1, -0.05) is 18.2 Å². The molecule has 138 valence electrons. The number of sulfonamides is 1. The molecule has 0 saturated carbocycles. The van der Waals surface area contributed by atoms with Crippen LogP contribution in [-0.2, 0) is 14.8 Å². The number of hydrogen-bond acceptors (Lipinski definition) is 6. The first kappa shape index (κ1) is 17.4. The fourth-order valence-electron chi connectivity index (χ4n) is 3.46. The van der Waals surface area contributed by atoms with Gasteiger partial charge in [-0.05, 0) is 37.0 Å². The van der Waals surface area contributed by atoms with Crippen LogP contribution in [0.1, 0.15) is 12.8 Å². The van der Waals surface area contributed by atoms with Crippen molar-refractivity contribution in [3.8, 4) is 0 Å². The van der Waals surface area contributed by atoms with Gasteiger partial charge in [0.25, 0.3) is 0 Å². The summed E-state index contributed by atoms with van der Waals surface area (Å²) in [7, 11) is -3.41. The quantitative estimate of drug-likeness (QED) is 0.858. The van der Waals surface area contributed by atoms with E-state index in [4.69, 9.17) is 4.74 Å². The number of anilines is 1. The molecule has 26 heavy (non-hydrogen) atoms. The SMILES string of the molecule is O=S(=O)(c1ccccc1)N1CC2(CC[C@@H](CNc3ncccn3)CO2)C1. The Morgan fingerprint density at radius 2 is 1.88 bits per heavy atom. The summed E-state index contributed by atoms with van der Waals surface area (Å²) in [6.07, 6.45) is 5.28. The predicted octanol–water partition coefficient (Wildman–Crippen LogP) is 1.76. The summed E-state index contributed by atoms with van der Waals surface area (Å²) >= 11 is 0. The van der Waals surface area contributed by atoms with Crippen molar-refractivity contribution in [2.75, 3.05) is 31.6 Å². The van der Waals surface area contributed by atoms with Crippen LogP contribution in [0.2, 0.25) is 0 Å². The minimum atomic E-state index is -3.41. The summed E-state index contributed by atoms with van der Waals surface area (Å²) in [4.78, 5) is 8.64. The van der Waals surface area contributed by atoms with Crippen LogP contribution in [0.25, 0.3) is 0 Å². The number of ether oxygens (including phenoxy) is 1. The lowest BCUT2D eigenvalue weighted by Crippen LogP contribution is -2.66. The summed E-state index contributed by atoms with van der Waals surface area (Å²) in [6.45, 7) is 2.25. The van der Waals surface area contributed by atoms with Crippen LogP contribution in [-0.4, -0.2) is 54.5 Å². The van der Waals surface area contributed by atoms with E-state index in [-0.39, 0.29) is 5.60 Å². The van der Waals surface area contributed by atoms with Gasteiger partial charge >= 0.3 is 0 Å². The Labute approximate surface area is 153 Å². The van der Waals surface area contributed by atoms with Crippen LogP contribution in [0.5, 0.6) is 0 Å². The molecule has 2 aliphatic heterocycles. The molecule has 3 heterocycles. The first-order chi connectivity index (χ1) is 12.6. The van der Waals surface area contributed by atoms with Crippen LogP contribution in [0.4, 0.5) is 5.95 Å². The Kier molecular flexibility index (Phi) is 4.64. The number of aromatic nitrogens is 2. The second-order valence-corrected chi connectivity index (χ2v) is 8.88. The zero-order valence-corrected chi connectivity index (χ0v) is 15.2. The van der Waals surface area contributed by atoms with Gasteiger partial charge in [0.2, 0.25) is 16.0 Å². The molecule has 0 amide bonds. The lowest BCUT2D eigenvalue weighted by atomic mass is 9.84. The number of hydrogen-bond donors (Lipinski definition) is 1. The highest BCUT2D eigenvalue weighted by Gasteiger charge is 2.51. The van der Waals surface area contributed by atoms with Crippen molar-refractivity contribution in [2.45, 2.75) is 23.3 Å². The third-order valence-corrected chi connectivity index (χ3v) is 6.86. The average molecular weight is 374 g/mol. The number of rotatable bonds is 5. The van der Waals surface area contributed by atoms with Gasteiger partial charge < -0.3 is 10.1 Å². The molecular formula is C18H22N4O3S. The molecule has 0 aliphatic carbocycles. The van der Waals surface area contributed by atoms with E-state index in [0.717, 1.165) is 19.4 Å². The monoisotopic (exact) mass is 374 g/mol. The van der Waals surface area contributed by atoms with Gasteiger partial charge in [-0.15, -0.1) is 0 Å². The number of nitrogens with zero attached hydrogens (tertiary/aromatic N) is 3. The lowest BCUT2D eigenvalue weighted by Gasteiger charge is -2.51. The maximum absolute atomic E-state index is 12.6. The maximum Gasteiger partial charge on any atom is 0.243 e. The molecule has 1 spiro atoms. The number of nitrogens with one attached hydrogen (secondary N) is 1. The van der Waals surface area contributed by atoms with Crippen molar-refractivity contribution >= 4 is 16.0 Å². The largest absolute Gasteiger partial charge is 0.372 e. The van der Waals surface area contributed by atoms with Crippen LogP contribution >= 0.6 is 0 Å². The standard InChI is InChI=1S/C18H22N4O3S/c23-26(24,16-5-2-1-3-6-16)22-13-18(14-22)8-7-15(12-25-18)11-21-17-19-9-4-10-20-17/h1-6,9-10,15H,7-8,11-14H2,(H,19,20,21)/t15-/m0/s1. The molecular weight excluding hydrogens is 352 g/mol. The zero-order chi connectivity index (χ0) is 18.0. The van der Waals surface area contributed by atoms with Gasteiger partial charge in [0, 0.05) is 32.0 Å². The van der Waals surface area contributed by atoms with Crippen molar-refractivity contribution in [1.29, 1.82) is 0 Å². The molecule has 4 rings (SSSR count).